The molecular weight excluding hydrogens is 408 g/mol. The highest BCUT2D eigenvalue weighted by Gasteiger charge is 2.31. The van der Waals surface area contributed by atoms with Crippen LogP contribution in [-0.2, 0) is 22.6 Å². The number of benzene rings is 3. The number of amides is 2. The van der Waals surface area contributed by atoms with Crippen molar-refractivity contribution in [3.8, 4) is 0 Å². The van der Waals surface area contributed by atoms with Gasteiger partial charge in [0, 0.05) is 18.1 Å². The quantitative estimate of drug-likeness (QED) is 0.486. The molecule has 0 spiro atoms. The van der Waals surface area contributed by atoms with Gasteiger partial charge in [-0.1, -0.05) is 90.5 Å². The monoisotopic (exact) mass is 432 g/mol. The van der Waals surface area contributed by atoms with Gasteiger partial charge in [0.1, 0.15) is 6.04 Å². The maximum Gasteiger partial charge on any atom is 0.247 e. The minimum Gasteiger partial charge on any atom is -0.351 e. The Hall–Kier alpha value is -3.37. The molecule has 0 aliphatic carbocycles. The first-order valence-electron chi connectivity index (χ1n) is 10.1. The summed E-state index contributed by atoms with van der Waals surface area (Å²) in [5.41, 5.74) is 2.54. The summed E-state index contributed by atoms with van der Waals surface area (Å²) in [5.74, 6) is -0.389. The van der Waals surface area contributed by atoms with Crippen molar-refractivity contribution in [2.45, 2.75) is 19.0 Å². The number of halogens is 1. The summed E-state index contributed by atoms with van der Waals surface area (Å²) in [4.78, 5) is 28.3. The molecule has 1 atom stereocenters. The molecule has 158 valence electrons. The molecule has 0 saturated heterocycles. The summed E-state index contributed by atoms with van der Waals surface area (Å²) in [6.07, 6.45) is 1.79. The molecule has 0 aliphatic rings. The molecule has 0 aromatic heterocycles. The van der Waals surface area contributed by atoms with Gasteiger partial charge >= 0.3 is 0 Å². The van der Waals surface area contributed by atoms with Crippen molar-refractivity contribution in [2.75, 3.05) is 6.54 Å². The number of rotatable bonds is 9. The van der Waals surface area contributed by atoms with E-state index in [0.29, 0.717) is 18.1 Å². The fourth-order valence-corrected chi connectivity index (χ4v) is 3.49. The lowest BCUT2D eigenvalue weighted by atomic mass is 10.0. The number of hydrogen-bond acceptors (Lipinski definition) is 2. The number of carbonyl (C=O) groups is 2. The molecular formula is C26H25ClN2O2. The molecule has 1 N–H and O–H groups in total. The van der Waals surface area contributed by atoms with E-state index in [-0.39, 0.29) is 18.2 Å². The molecule has 31 heavy (non-hydrogen) atoms. The largest absolute Gasteiger partial charge is 0.351 e. The van der Waals surface area contributed by atoms with Crippen molar-refractivity contribution in [2.24, 2.45) is 0 Å². The minimum atomic E-state index is -0.763. The molecule has 1 unspecified atom stereocenters. The topological polar surface area (TPSA) is 49.4 Å². The van der Waals surface area contributed by atoms with E-state index >= 15 is 0 Å². The van der Waals surface area contributed by atoms with Crippen LogP contribution in [0.15, 0.2) is 97.6 Å². The predicted molar refractivity (Wildman–Crippen MR) is 125 cm³/mol. The maximum absolute atomic E-state index is 13.5. The highest BCUT2D eigenvalue weighted by Crippen LogP contribution is 2.25. The molecule has 0 bridgehead atoms. The molecule has 0 saturated carbocycles. The van der Waals surface area contributed by atoms with Gasteiger partial charge in [0.25, 0.3) is 0 Å². The second-order valence-corrected chi connectivity index (χ2v) is 7.59. The zero-order valence-electron chi connectivity index (χ0n) is 17.2. The van der Waals surface area contributed by atoms with Crippen molar-refractivity contribution in [3.63, 3.8) is 0 Å². The highest BCUT2D eigenvalue weighted by atomic mass is 35.5. The van der Waals surface area contributed by atoms with E-state index in [1.54, 1.807) is 23.1 Å². The standard InChI is InChI=1S/C26H25ClN2O2/c1-2-17-28-26(31)25(22-11-7-4-8-12-22)29(19-21-9-5-3-6-10-21)24(30)18-20-13-15-23(27)16-14-20/h2-16,25H,1,17-19H2,(H,28,31). The van der Waals surface area contributed by atoms with Crippen molar-refractivity contribution in [3.05, 3.63) is 119 Å². The SMILES string of the molecule is C=CCNC(=O)C(c1ccccc1)N(Cc1ccccc1)C(=O)Cc1ccc(Cl)cc1. The summed E-state index contributed by atoms with van der Waals surface area (Å²) in [7, 11) is 0. The second-order valence-electron chi connectivity index (χ2n) is 7.16. The van der Waals surface area contributed by atoms with Gasteiger partial charge < -0.3 is 10.2 Å². The summed E-state index contributed by atoms with van der Waals surface area (Å²) >= 11 is 5.98. The van der Waals surface area contributed by atoms with Crippen LogP contribution in [-0.4, -0.2) is 23.3 Å². The zero-order chi connectivity index (χ0) is 22.1. The van der Waals surface area contributed by atoms with E-state index in [4.69, 9.17) is 11.6 Å². The summed E-state index contributed by atoms with van der Waals surface area (Å²) in [6, 6.07) is 25.5. The van der Waals surface area contributed by atoms with Crippen molar-refractivity contribution in [1.29, 1.82) is 0 Å². The third-order valence-electron chi connectivity index (χ3n) is 4.88. The fraction of sp³-hybridized carbons (Fsp3) is 0.154. The lowest BCUT2D eigenvalue weighted by Crippen LogP contribution is -2.44. The Labute approximate surface area is 188 Å². The molecule has 3 aromatic carbocycles. The van der Waals surface area contributed by atoms with Gasteiger partial charge in [-0.15, -0.1) is 6.58 Å². The second kappa shape index (κ2) is 11.1. The summed E-state index contributed by atoms with van der Waals surface area (Å²) in [6.45, 7) is 4.31. The Balaban J connectivity index is 1.97. The molecule has 3 rings (SSSR count). The number of nitrogens with one attached hydrogen (secondary N) is 1. The van der Waals surface area contributed by atoms with Crippen LogP contribution in [0.3, 0.4) is 0 Å². The van der Waals surface area contributed by atoms with Crippen LogP contribution in [0, 0.1) is 0 Å². The van der Waals surface area contributed by atoms with Gasteiger partial charge in [0.2, 0.25) is 11.8 Å². The van der Waals surface area contributed by atoms with E-state index in [2.05, 4.69) is 11.9 Å². The molecule has 0 radical (unpaired) electrons. The maximum atomic E-state index is 13.5. The van der Waals surface area contributed by atoms with Crippen LogP contribution in [0.2, 0.25) is 5.02 Å². The fourth-order valence-electron chi connectivity index (χ4n) is 3.36. The summed E-state index contributed by atoms with van der Waals surface area (Å²) < 4.78 is 0. The smallest absolute Gasteiger partial charge is 0.247 e. The Bertz CT molecular complexity index is 1000. The van der Waals surface area contributed by atoms with Crippen LogP contribution in [0.5, 0.6) is 0 Å². The zero-order valence-corrected chi connectivity index (χ0v) is 18.0. The molecule has 0 heterocycles. The molecule has 5 heteroatoms. The average molecular weight is 433 g/mol. The lowest BCUT2D eigenvalue weighted by molar-refractivity contribution is -0.141. The lowest BCUT2D eigenvalue weighted by Gasteiger charge is -2.31. The molecule has 3 aromatic rings. The third-order valence-corrected chi connectivity index (χ3v) is 5.13. The van der Waals surface area contributed by atoms with Crippen LogP contribution < -0.4 is 5.32 Å². The molecule has 4 nitrogen and oxygen atoms in total. The van der Waals surface area contributed by atoms with Gasteiger partial charge in [-0.2, -0.15) is 0 Å². The van der Waals surface area contributed by atoms with Gasteiger partial charge in [0.15, 0.2) is 0 Å². The Morgan fingerprint density at radius 1 is 0.903 bits per heavy atom. The highest BCUT2D eigenvalue weighted by molar-refractivity contribution is 6.30. The molecule has 2 amide bonds. The van der Waals surface area contributed by atoms with E-state index in [1.807, 2.05) is 72.8 Å². The normalized spacial score (nSPS) is 11.4. The minimum absolute atomic E-state index is 0.145. The van der Waals surface area contributed by atoms with Gasteiger partial charge in [0.05, 0.1) is 6.42 Å². The number of nitrogens with zero attached hydrogens (tertiary/aromatic N) is 1. The van der Waals surface area contributed by atoms with Gasteiger partial charge in [-0.05, 0) is 28.8 Å². The van der Waals surface area contributed by atoms with Gasteiger partial charge in [-0.3, -0.25) is 9.59 Å². The van der Waals surface area contributed by atoms with Crippen LogP contribution in [0.1, 0.15) is 22.7 Å². The predicted octanol–water partition coefficient (Wildman–Crippen LogP) is 4.95. The Morgan fingerprint density at radius 2 is 1.52 bits per heavy atom. The number of hydrogen-bond donors (Lipinski definition) is 1. The van der Waals surface area contributed by atoms with Crippen molar-refractivity contribution in [1.82, 2.24) is 10.2 Å². The third kappa shape index (κ3) is 6.30. The van der Waals surface area contributed by atoms with Crippen LogP contribution in [0.25, 0.3) is 0 Å². The molecule has 0 fully saturated rings. The number of carbonyl (C=O) groups excluding carboxylic acids is 2. The summed E-state index contributed by atoms with van der Waals surface area (Å²) in [5, 5.41) is 3.47. The first kappa shape index (κ1) is 22.3. The van der Waals surface area contributed by atoms with Crippen LogP contribution in [0.4, 0.5) is 0 Å². The van der Waals surface area contributed by atoms with E-state index in [9.17, 15) is 9.59 Å². The van der Waals surface area contributed by atoms with Crippen molar-refractivity contribution < 1.29 is 9.59 Å². The van der Waals surface area contributed by atoms with E-state index in [0.717, 1.165) is 16.7 Å². The average Bonchev–Trinajstić information content (AvgIpc) is 2.80. The Morgan fingerprint density at radius 3 is 2.13 bits per heavy atom. The van der Waals surface area contributed by atoms with E-state index < -0.39 is 6.04 Å². The van der Waals surface area contributed by atoms with E-state index in [1.165, 1.54) is 0 Å². The first-order valence-corrected chi connectivity index (χ1v) is 10.5. The first-order chi connectivity index (χ1) is 15.1. The van der Waals surface area contributed by atoms with Crippen molar-refractivity contribution >= 4 is 23.4 Å². The molecule has 0 aliphatic heterocycles. The van der Waals surface area contributed by atoms with Crippen LogP contribution >= 0.6 is 11.6 Å². The Kier molecular flexibility index (Phi) is 8.02. The van der Waals surface area contributed by atoms with Gasteiger partial charge in [-0.25, -0.2) is 0 Å².